The molecule has 0 spiro atoms. The lowest BCUT2D eigenvalue weighted by Crippen LogP contribution is -2.32. The van der Waals surface area contributed by atoms with Crippen molar-refractivity contribution in [1.82, 2.24) is 4.90 Å². The van der Waals surface area contributed by atoms with Gasteiger partial charge in [0.1, 0.15) is 0 Å². The van der Waals surface area contributed by atoms with E-state index in [0.717, 1.165) is 28.9 Å². The molecule has 5 nitrogen and oxygen atoms in total. The van der Waals surface area contributed by atoms with Crippen molar-refractivity contribution < 1.29 is 9.72 Å². The Kier molecular flexibility index (Phi) is 5.76. The molecule has 0 radical (unpaired) electrons. The Bertz CT molecular complexity index is 878. The van der Waals surface area contributed by atoms with Crippen molar-refractivity contribution in [3.63, 3.8) is 0 Å². The van der Waals surface area contributed by atoms with Crippen LogP contribution in [0.2, 0.25) is 0 Å². The molecule has 0 atom stereocenters. The lowest BCUT2D eigenvalue weighted by Gasteiger charge is -2.22. The molecule has 1 aromatic heterocycles. The summed E-state index contributed by atoms with van der Waals surface area (Å²) in [5.41, 5.74) is 2.18. The van der Waals surface area contributed by atoms with Crippen LogP contribution in [0.25, 0.3) is 0 Å². The number of nitro groups is 1. The van der Waals surface area contributed by atoms with Gasteiger partial charge in [0.25, 0.3) is 5.91 Å². The molecule has 0 aliphatic carbocycles. The maximum absolute atomic E-state index is 12.9. The van der Waals surface area contributed by atoms with E-state index in [1.807, 2.05) is 60.7 Å². The van der Waals surface area contributed by atoms with Crippen LogP contribution in [0.15, 0.2) is 72.8 Å². The predicted octanol–water partition coefficient (Wildman–Crippen LogP) is 4.54. The first-order valence-electron chi connectivity index (χ1n) is 8.25. The summed E-state index contributed by atoms with van der Waals surface area (Å²) in [6, 6.07) is 22.6. The number of amides is 1. The molecule has 3 rings (SSSR count). The molecule has 0 aliphatic heterocycles. The van der Waals surface area contributed by atoms with Crippen LogP contribution in [-0.2, 0) is 13.0 Å². The van der Waals surface area contributed by atoms with Gasteiger partial charge in [-0.15, -0.1) is 0 Å². The number of nitrogens with zero attached hydrogens (tertiary/aromatic N) is 2. The van der Waals surface area contributed by atoms with Gasteiger partial charge in [-0.1, -0.05) is 72.0 Å². The van der Waals surface area contributed by atoms with E-state index >= 15 is 0 Å². The Balaban J connectivity index is 1.78. The first kappa shape index (κ1) is 17.8. The van der Waals surface area contributed by atoms with Gasteiger partial charge in [-0.25, -0.2) is 0 Å². The van der Waals surface area contributed by atoms with Crippen LogP contribution in [0.1, 0.15) is 20.8 Å². The second-order valence-corrected chi connectivity index (χ2v) is 6.91. The van der Waals surface area contributed by atoms with E-state index in [1.54, 1.807) is 4.90 Å². The first-order chi connectivity index (χ1) is 12.6. The number of hydrogen-bond acceptors (Lipinski definition) is 4. The number of thiophene rings is 1. The summed E-state index contributed by atoms with van der Waals surface area (Å²) in [6.07, 6.45) is 0.729. The lowest BCUT2D eigenvalue weighted by atomic mass is 10.1. The summed E-state index contributed by atoms with van der Waals surface area (Å²) in [6.45, 7) is 1.02. The molecule has 0 unspecified atom stereocenters. The molecule has 0 N–H and O–H groups in total. The number of benzene rings is 2. The largest absolute Gasteiger partial charge is 0.333 e. The summed E-state index contributed by atoms with van der Waals surface area (Å²) in [7, 11) is 0. The summed E-state index contributed by atoms with van der Waals surface area (Å²) in [4.78, 5) is 25.5. The maximum atomic E-state index is 12.9. The average molecular weight is 366 g/mol. The van der Waals surface area contributed by atoms with Crippen LogP contribution in [0.4, 0.5) is 5.00 Å². The SMILES string of the molecule is O=C(c1ccc([N+](=O)[O-])s1)N(CCc1ccccc1)Cc1ccccc1. The highest BCUT2D eigenvalue weighted by molar-refractivity contribution is 7.17. The summed E-state index contributed by atoms with van der Waals surface area (Å²) >= 11 is 0.919. The normalized spacial score (nSPS) is 10.5. The number of carbonyl (C=O) groups is 1. The van der Waals surface area contributed by atoms with Crippen molar-refractivity contribution in [1.29, 1.82) is 0 Å². The molecular formula is C20H18N2O3S. The third-order valence-corrected chi connectivity index (χ3v) is 5.02. The Morgan fingerprint density at radius 3 is 2.12 bits per heavy atom. The molecule has 26 heavy (non-hydrogen) atoms. The molecule has 132 valence electrons. The van der Waals surface area contributed by atoms with Crippen LogP contribution in [0.3, 0.4) is 0 Å². The Morgan fingerprint density at radius 2 is 1.54 bits per heavy atom. The highest BCUT2D eigenvalue weighted by Crippen LogP contribution is 2.25. The molecular weight excluding hydrogens is 348 g/mol. The number of hydrogen-bond donors (Lipinski definition) is 0. The second kappa shape index (κ2) is 8.40. The molecule has 1 heterocycles. The molecule has 0 bridgehead atoms. The molecule has 0 aliphatic rings. The van der Waals surface area contributed by atoms with Gasteiger partial charge in [0.15, 0.2) is 0 Å². The quantitative estimate of drug-likeness (QED) is 0.455. The highest BCUT2D eigenvalue weighted by Gasteiger charge is 2.21. The van der Waals surface area contributed by atoms with Crippen LogP contribution >= 0.6 is 11.3 Å². The van der Waals surface area contributed by atoms with E-state index in [0.29, 0.717) is 18.0 Å². The summed E-state index contributed by atoms with van der Waals surface area (Å²) in [5, 5.41) is 10.9. The number of rotatable bonds is 7. The second-order valence-electron chi connectivity index (χ2n) is 5.84. The third-order valence-electron chi connectivity index (χ3n) is 4.00. The van der Waals surface area contributed by atoms with E-state index in [-0.39, 0.29) is 10.9 Å². The van der Waals surface area contributed by atoms with Gasteiger partial charge in [0.05, 0.1) is 9.80 Å². The smallest absolute Gasteiger partial charge is 0.324 e. The average Bonchev–Trinajstić information content (AvgIpc) is 3.17. The first-order valence-corrected chi connectivity index (χ1v) is 9.06. The Labute approximate surface area is 155 Å². The molecule has 3 aromatic rings. The van der Waals surface area contributed by atoms with Crippen molar-refractivity contribution in [3.05, 3.63) is 98.9 Å². The summed E-state index contributed by atoms with van der Waals surface area (Å²) < 4.78 is 0. The Hall–Kier alpha value is -2.99. The van der Waals surface area contributed by atoms with Gasteiger partial charge < -0.3 is 4.90 Å². The molecule has 0 saturated carbocycles. The van der Waals surface area contributed by atoms with Crippen molar-refractivity contribution >= 4 is 22.2 Å². The standard InChI is InChI=1S/C20H18N2O3S/c23-20(18-11-12-19(26-18)22(24)25)21(15-17-9-5-2-6-10-17)14-13-16-7-3-1-4-8-16/h1-12H,13-15H2. The van der Waals surface area contributed by atoms with Crippen LogP contribution in [0, 0.1) is 10.1 Å². The van der Waals surface area contributed by atoms with Gasteiger partial charge in [0.2, 0.25) is 0 Å². The lowest BCUT2D eigenvalue weighted by molar-refractivity contribution is -0.380. The fraction of sp³-hybridized carbons (Fsp3) is 0.150. The topological polar surface area (TPSA) is 63.4 Å². The number of carbonyl (C=O) groups excluding carboxylic acids is 1. The predicted molar refractivity (Wildman–Crippen MR) is 102 cm³/mol. The zero-order valence-electron chi connectivity index (χ0n) is 14.1. The van der Waals surface area contributed by atoms with E-state index in [2.05, 4.69) is 0 Å². The van der Waals surface area contributed by atoms with Gasteiger partial charge in [-0.2, -0.15) is 0 Å². The fourth-order valence-electron chi connectivity index (χ4n) is 2.66. The van der Waals surface area contributed by atoms with E-state index < -0.39 is 4.92 Å². The zero-order chi connectivity index (χ0) is 18.4. The minimum Gasteiger partial charge on any atom is -0.333 e. The van der Waals surface area contributed by atoms with Crippen LogP contribution in [-0.4, -0.2) is 22.3 Å². The summed E-state index contributed by atoms with van der Waals surface area (Å²) in [5.74, 6) is -0.178. The maximum Gasteiger partial charge on any atom is 0.324 e. The zero-order valence-corrected chi connectivity index (χ0v) is 14.9. The van der Waals surface area contributed by atoms with Crippen molar-refractivity contribution in [2.24, 2.45) is 0 Å². The Morgan fingerprint density at radius 1 is 0.923 bits per heavy atom. The molecule has 6 heteroatoms. The van der Waals surface area contributed by atoms with Crippen molar-refractivity contribution in [2.75, 3.05) is 6.54 Å². The minimum atomic E-state index is -0.465. The monoisotopic (exact) mass is 366 g/mol. The molecule has 1 amide bonds. The van der Waals surface area contributed by atoms with E-state index in [9.17, 15) is 14.9 Å². The molecule has 0 fully saturated rings. The highest BCUT2D eigenvalue weighted by atomic mass is 32.1. The van der Waals surface area contributed by atoms with E-state index in [1.165, 1.54) is 12.1 Å². The van der Waals surface area contributed by atoms with Crippen LogP contribution in [0.5, 0.6) is 0 Å². The molecule has 2 aromatic carbocycles. The van der Waals surface area contributed by atoms with Crippen molar-refractivity contribution in [3.8, 4) is 0 Å². The minimum absolute atomic E-state index is 0.0175. The third kappa shape index (κ3) is 4.55. The van der Waals surface area contributed by atoms with Crippen LogP contribution < -0.4 is 0 Å². The van der Waals surface area contributed by atoms with Gasteiger partial charge in [-0.05, 0) is 23.6 Å². The van der Waals surface area contributed by atoms with Gasteiger partial charge in [0, 0.05) is 19.2 Å². The fourth-order valence-corrected chi connectivity index (χ4v) is 3.45. The van der Waals surface area contributed by atoms with Gasteiger partial charge in [-0.3, -0.25) is 14.9 Å². The van der Waals surface area contributed by atoms with Gasteiger partial charge >= 0.3 is 5.00 Å². The molecule has 0 saturated heterocycles. The van der Waals surface area contributed by atoms with Crippen molar-refractivity contribution in [2.45, 2.75) is 13.0 Å². The van der Waals surface area contributed by atoms with E-state index in [4.69, 9.17) is 0 Å².